The predicted octanol–water partition coefficient (Wildman–Crippen LogP) is 4.24. The molecule has 5 rings (SSSR count). The molecule has 4 aliphatic carbocycles. The van der Waals surface area contributed by atoms with Gasteiger partial charge >= 0.3 is 0 Å². The first-order valence-corrected chi connectivity index (χ1v) is 10.3. The molecule has 0 spiro atoms. The standard InChI is InChI=1S/C19H30IN3O/c1-13-15(20)5-22-23(13)12-18-7-16(3)6-17(4,8-18)10-19(9-16,11-18)24-14(2)21/h5,14H,6-12,21H2,1-4H3. The van der Waals surface area contributed by atoms with Gasteiger partial charge in [-0.15, -0.1) is 0 Å². The third kappa shape index (κ3) is 2.75. The van der Waals surface area contributed by atoms with Crippen LogP contribution < -0.4 is 5.73 Å². The molecule has 4 nitrogen and oxygen atoms in total. The Morgan fingerprint density at radius 2 is 1.83 bits per heavy atom. The Morgan fingerprint density at radius 3 is 2.33 bits per heavy atom. The fraction of sp³-hybridized carbons (Fsp3) is 0.842. The minimum Gasteiger partial charge on any atom is -0.357 e. The number of nitrogens with zero attached hydrogens (tertiary/aromatic N) is 2. The molecule has 3 unspecified atom stereocenters. The quantitative estimate of drug-likeness (QED) is 0.560. The lowest BCUT2D eigenvalue weighted by atomic mass is 9.39. The van der Waals surface area contributed by atoms with Gasteiger partial charge in [-0.3, -0.25) is 4.68 Å². The molecule has 0 aromatic carbocycles. The summed E-state index contributed by atoms with van der Waals surface area (Å²) < 4.78 is 9.92. The van der Waals surface area contributed by atoms with Gasteiger partial charge in [0.1, 0.15) is 6.23 Å². The Morgan fingerprint density at radius 1 is 1.21 bits per heavy atom. The van der Waals surface area contributed by atoms with Crippen molar-refractivity contribution in [2.45, 2.75) is 84.6 Å². The summed E-state index contributed by atoms with van der Waals surface area (Å²) in [5.41, 5.74) is 8.41. The van der Waals surface area contributed by atoms with Crippen molar-refractivity contribution in [3.05, 3.63) is 15.5 Å². The average Bonchev–Trinajstić information content (AvgIpc) is 2.64. The van der Waals surface area contributed by atoms with Crippen LogP contribution in [0.3, 0.4) is 0 Å². The first kappa shape index (κ1) is 17.3. The summed E-state index contributed by atoms with van der Waals surface area (Å²) in [6, 6.07) is 0. The van der Waals surface area contributed by atoms with Gasteiger partial charge in [0.15, 0.2) is 0 Å². The zero-order chi connectivity index (χ0) is 17.4. The Bertz CT molecular complexity index is 650. The zero-order valence-electron chi connectivity index (χ0n) is 15.4. The Kier molecular flexibility index (Phi) is 3.74. The summed E-state index contributed by atoms with van der Waals surface area (Å²) in [6.45, 7) is 10.2. The molecular formula is C19H30IN3O. The summed E-state index contributed by atoms with van der Waals surface area (Å²) in [6.07, 6.45) is 9.24. The van der Waals surface area contributed by atoms with E-state index < -0.39 is 0 Å². The van der Waals surface area contributed by atoms with Crippen LogP contribution in [0.2, 0.25) is 0 Å². The van der Waals surface area contributed by atoms with Gasteiger partial charge < -0.3 is 10.5 Å². The van der Waals surface area contributed by atoms with Crippen LogP contribution in [0.1, 0.15) is 65.0 Å². The number of hydrogen-bond acceptors (Lipinski definition) is 3. The maximum atomic E-state index is 6.43. The van der Waals surface area contributed by atoms with E-state index >= 15 is 0 Å². The highest BCUT2D eigenvalue weighted by atomic mass is 127. The second-order valence-corrected chi connectivity index (χ2v) is 11.1. The fourth-order valence-electron chi connectivity index (χ4n) is 7.42. The maximum absolute atomic E-state index is 6.43. The van der Waals surface area contributed by atoms with Gasteiger partial charge in [-0.05, 0) is 91.2 Å². The summed E-state index contributed by atoms with van der Waals surface area (Å²) in [4.78, 5) is 0. The molecule has 1 heterocycles. The van der Waals surface area contributed by atoms with Crippen LogP contribution >= 0.6 is 22.6 Å². The summed E-state index contributed by atoms with van der Waals surface area (Å²) in [7, 11) is 0. The second-order valence-electron chi connectivity index (χ2n) is 9.92. The third-order valence-corrected chi connectivity index (χ3v) is 7.68. The van der Waals surface area contributed by atoms with Crippen molar-refractivity contribution in [3.63, 3.8) is 0 Å². The van der Waals surface area contributed by atoms with Crippen LogP contribution in [0.4, 0.5) is 0 Å². The molecule has 1 aromatic rings. The molecule has 5 heteroatoms. The van der Waals surface area contributed by atoms with E-state index in [4.69, 9.17) is 10.5 Å². The molecule has 0 amide bonds. The molecule has 4 fully saturated rings. The maximum Gasteiger partial charge on any atom is 0.103 e. The van der Waals surface area contributed by atoms with Crippen LogP contribution in [0, 0.1) is 26.7 Å². The van der Waals surface area contributed by atoms with E-state index in [2.05, 4.69) is 53.1 Å². The lowest BCUT2D eigenvalue weighted by Gasteiger charge is -2.69. The van der Waals surface area contributed by atoms with Crippen molar-refractivity contribution in [1.29, 1.82) is 0 Å². The molecule has 134 valence electrons. The van der Waals surface area contributed by atoms with E-state index in [-0.39, 0.29) is 11.8 Å². The highest BCUT2D eigenvalue weighted by Gasteiger charge is 2.66. The molecule has 0 radical (unpaired) electrons. The zero-order valence-corrected chi connectivity index (χ0v) is 17.5. The van der Waals surface area contributed by atoms with Crippen LogP contribution in [-0.4, -0.2) is 21.6 Å². The Labute approximate surface area is 159 Å². The van der Waals surface area contributed by atoms with Crippen LogP contribution in [0.15, 0.2) is 6.20 Å². The third-order valence-electron chi connectivity index (χ3n) is 6.62. The lowest BCUT2D eigenvalue weighted by Crippen LogP contribution is -2.65. The van der Waals surface area contributed by atoms with Gasteiger partial charge in [0, 0.05) is 12.2 Å². The summed E-state index contributed by atoms with van der Waals surface area (Å²) in [5, 5.41) is 4.66. The summed E-state index contributed by atoms with van der Waals surface area (Å²) >= 11 is 2.39. The normalized spacial score (nSPS) is 44.9. The monoisotopic (exact) mass is 443 g/mol. The highest BCUT2D eigenvalue weighted by molar-refractivity contribution is 14.1. The molecule has 0 saturated heterocycles. The number of rotatable bonds is 4. The predicted molar refractivity (Wildman–Crippen MR) is 103 cm³/mol. The average molecular weight is 443 g/mol. The van der Waals surface area contributed by atoms with E-state index in [9.17, 15) is 0 Å². The number of hydrogen-bond donors (Lipinski definition) is 1. The van der Waals surface area contributed by atoms with Crippen LogP contribution in [-0.2, 0) is 11.3 Å². The van der Waals surface area contributed by atoms with Crippen molar-refractivity contribution >= 4 is 22.6 Å². The number of ether oxygens (including phenoxy) is 1. The molecular weight excluding hydrogens is 413 g/mol. The minimum atomic E-state index is -0.183. The first-order valence-electron chi connectivity index (χ1n) is 9.17. The molecule has 4 bridgehead atoms. The van der Waals surface area contributed by atoms with Gasteiger partial charge in [0.25, 0.3) is 0 Å². The Balaban J connectivity index is 1.72. The van der Waals surface area contributed by atoms with Crippen LogP contribution in [0.25, 0.3) is 0 Å². The van der Waals surface area contributed by atoms with E-state index in [1.807, 2.05) is 13.1 Å². The SMILES string of the molecule is Cc1c(I)cnn1CC12CC3(C)CC(C)(C1)CC(OC(C)N)(C3)C2. The molecule has 3 atom stereocenters. The number of nitrogens with two attached hydrogens (primary N) is 1. The highest BCUT2D eigenvalue weighted by Crippen LogP contribution is 2.72. The van der Waals surface area contributed by atoms with Gasteiger partial charge in [-0.1, -0.05) is 13.8 Å². The molecule has 4 aliphatic rings. The topological polar surface area (TPSA) is 53.1 Å². The first-order chi connectivity index (χ1) is 11.1. The van der Waals surface area contributed by atoms with Crippen LogP contribution in [0.5, 0.6) is 0 Å². The second kappa shape index (κ2) is 5.19. The van der Waals surface area contributed by atoms with Gasteiger partial charge in [0.2, 0.25) is 0 Å². The van der Waals surface area contributed by atoms with Crippen molar-refractivity contribution in [3.8, 4) is 0 Å². The fourth-order valence-corrected chi connectivity index (χ4v) is 7.82. The minimum absolute atomic E-state index is 0.0272. The Hall–Kier alpha value is -0.140. The molecule has 1 aromatic heterocycles. The van der Waals surface area contributed by atoms with E-state index in [0.29, 0.717) is 16.2 Å². The van der Waals surface area contributed by atoms with Gasteiger partial charge in [0.05, 0.1) is 15.4 Å². The molecule has 2 N–H and O–H groups in total. The van der Waals surface area contributed by atoms with Gasteiger partial charge in [-0.2, -0.15) is 5.10 Å². The van der Waals surface area contributed by atoms with E-state index in [1.54, 1.807) is 0 Å². The van der Waals surface area contributed by atoms with Crippen molar-refractivity contribution in [2.75, 3.05) is 0 Å². The van der Waals surface area contributed by atoms with Crippen molar-refractivity contribution < 1.29 is 4.74 Å². The largest absolute Gasteiger partial charge is 0.357 e. The van der Waals surface area contributed by atoms with E-state index in [0.717, 1.165) is 13.0 Å². The summed E-state index contributed by atoms with van der Waals surface area (Å²) in [5.74, 6) is 0. The van der Waals surface area contributed by atoms with Crippen molar-refractivity contribution in [1.82, 2.24) is 9.78 Å². The number of halogens is 1. The number of aromatic nitrogens is 2. The van der Waals surface area contributed by atoms with E-state index in [1.165, 1.54) is 41.4 Å². The van der Waals surface area contributed by atoms with Crippen molar-refractivity contribution in [2.24, 2.45) is 22.0 Å². The molecule has 4 saturated carbocycles. The lowest BCUT2D eigenvalue weighted by molar-refractivity contribution is -0.259. The van der Waals surface area contributed by atoms with Gasteiger partial charge in [-0.25, -0.2) is 0 Å². The molecule has 0 aliphatic heterocycles. The smallest absolute Gasteiger partial charge is 0.103 e. The molecule has 24 heavy (non-hydrogen) atoms.